The van der Waals surface area contributed by atoms with Gasteiger partial charge >= 0.3 is 12.0 Å². The van der Waals surface area contributed by atoms with Crippen LogP contribution in [0.15, 0.2) is 48.7 Å². The monoisotopic (exact) mass is 324 g/mol. The molecule has 2 amide bonds. The topological polar surface area (TPSA) is 85.2 Å². The van der Waals surface area contributed by atoms with Gasteiger partial charge in [0.25, 0.3) is 0 Å². The third kappa shape index (κ3) is 3.05. The fourth-order valence-corrected chi connectivity index (χ4v) is 2.44. The summed E-state index contributed by atoms with van der Waals surface area (Å²) >= 11 is 0. The van der Waals surface area contributed by atoms with Crippen molar-refractivity contribution in [3.63, 3.8) is 0 Å². The Balaban J connectivity index is 1.82. The van der Waals surface area contributed by atoms with Gasteiger partial charge in [-0.1, -0.05) is 36.4 Å². The molecule has 0 aliphatic carbocycles. The first kappa shape index (κ1) is 15.5. The zero-order valence-corrected chi connectivity index (χ0v) is 13.2. The smallest absolute Gasteiger partial charge is 0.360 e. The highest BCUT2D eigenvalue weighted by Gasteiger charge is 2.18. The number of hydrogen-bond donors (Lipinski definition) is 2. The lowest BCUT2D eigenvalue weighted by Gasteiger charge is -2.09. The number of benzene rings is 2. The number of anilines is 2. The number of carbonyl (C=O) groups is 2. The Morgan fingerprint density at radius 1 is 1.04 bits per heavy atom. The van der Waals surface area contributed by atoms with Gasteiger partial charge in [0.05, 0.1) is 18.5 Å². The maximum atomic E-state index is 12.3. The summed E-state index contributed by atoms with van der Waals surface area (Å²) in [4.78, 5) is 24.0. The quantitative estimate of drug-likeness (QED) is 0.725. The Kier molecular flexibility index (Phi) is 4.15. The summed E-state index contributed by atoms with van der Waals surface area (Å²) in [6.45, 7) is 0. The van der Waals surface area contributed by atoms with Gasteiger partial charge in [-0.3, -0.25) is 4.68 Å². The van der Waals surface area contributed by atoms with E-state index in [4.69, 9.17) is 0 Å². The number of amides is 2. The molecule has 1 aromatic heterocycles. The maximum Gasteiger partial charge on any atom is 0.360 e. The molecule has 0 saturated heterocycles. The normalized spacial score (nSPS) is 10.4. The molecule has 0 aliphatic rings. The molecule has 24 heavy (non-hydrogen) atoms. The van der Waals surface area contributed by atoms with Crippen LogP contribution in [0.3, 0.4) is 0 Å². The lowest BCUT2D eigenvalue weighted by Crippen LogP contribution is -2.21. The third-order valence-corrected chi connectivity index (χ3v) is 3.49. The zero-order chi connectivity index (χ0) is 17.1. The van der Waals surface area contributed by atoms with Gasteiger partial charge in [-0.25, -0.2) is 9.59 Å². The van der Waals surface area contributed by atoms with Crippen LogP contribution in [0, 0.1) is 0 Å². The molecular weight excluding hydrogens is 308 g/mol. The molecule has 7 heteroatoms. The fraction of sp³-hybridized carbons (Fsp3) is 0.118. The van der Waals surface area contributed by atoms with Crippen LogP contribution in [-0.4, -0.2) is 28.9 Å². The second-order valence-electron chi connectivity index (χ2n) is 5.16. The number of urea groups is 1. The van der Waals surface area contributed by atoms with Crippen LogP contribution in [-0.2, 0) is 11.8 Å². The minimum Gasteiger partial charge on any atom is -0.464 e. The van der Waals surface area contributed by atoms with Crippen LogP contribution in [0.1, 0.15) is 10.5 Å². The number of rotatable bonds is 3. The predicted molar refractivity (Wildman–Crippen MR) is 91.1 cm³/mol. The molecule has 2 N–H and O–H groups in total. The van der Waals surface area contributed by atoms with E-state index in [1.165, 1.54) is 18.0 Å². The van der Waals surface area contributed by atoms with E-state index in [-0.39, 0.29) is 11.4 Å². The van der Waals surface area contributed by atoms with Crippen molar-refractivity contribution < 1.29 is 14.3 Å². The molecule has 0 aliphatic heterocycles. The average molecular weight is 324 g/mol. The molecule has 0 atom stereocenters. The lowest BCUT2D eigenvalue weighted by atomic mass is 10.1. The number of hydrogen-bond acceptors (Lipinski definition) is 4. The molecule has 0 unspecified atom stereocenters. The molecular formula is C17H16N4O3. The van der Waals surface area contributed by atoms with Gasteiger partial charge in [0.15, 0.2) is 5.69 Å². The molecule has 0 spiro atoms. The first-order chi connectivity index (χ1) is 11.6. The minimum absolute atomic E-state index is 0.0491. The van der Waals surface area contributed by atoms with Gasteiger partial charge in [-0.15, -0.1) is 0 Å². The second-order valence-corrected chi connectivity index (χ2v) is 5.16. The van der Waals surface area contributed by atoms with E-state index in [1.807, 2.05) is 42.5 Å². The Morgan fingerprint density at radius 3 is 2.54 bits per heavy atom. The van der Waals surface area contributed by atoms with Gasteiger partial charge in [0, 0.05) is 18.6 Å². The molecule has 7 nitrogen and oxygen atoms in total. The molecule has 3 aromatic rings. The van der Waals surface area contributed by atoms with E-state index in [2.05, 4.69) is 20.5 Å². The summed E-state index contributed by atoms with van der Waals surface area (Å²) in [6.07, 6.45) is 1.54. The number of carbonyl (C=O) groups excluding carboxylic acids is 2. The second kappa shape index (κ2) is 6.41. The van der Waals surface area contributed by atoms with Crippen molar-refractivity contribution in [1.29, 1.82) is 0 Å². The highest BCUT2D eigenvalue weighted by atomic mass is 16.5. The summed E-state index contributed by atoms with van der Waals surface area (Å²) < 4.78 is 6.09. The third-order valence-electron chi connectivity index (χ3n) is 3.49. The highest BCUT2D eigenvalue weighted by Crippen LogP contribution is 2.23. The molecule has 2 aromatic carbocycles. The van der Waals surface area contributed by atoms with E-state index in [0.717, 1.165) is 10.8 Å². The largest absolute Gasteiger partial charge is 0.464 e. The van der Waals surface area contributed by atoms with Crippen molar-refractivity contribution >= 4 is 34.1 Å². The number of ether oxygens (including phenoxy) is 1. The van der Waals surface area contributed by atoms with Crippen molar-refractivity contribution in [2.45, 2.75) is 0 Å². The Bertz CT molecular complexity index is 912. The highest BCUT2D eigenvalue weighted by molar-refractivity contribution is 6.08. The number of nitrogens with one attached hydrogen (secondary N) is 2. The van der Waals surface area contributed by atoms with Gasteiger partial charge < -0.3 is 15.4 Å². The van der Waals surface area contributed by atoms with Crippen LogP contribution in [0.5, 0.6) is 0 Å². The summed E-state index contributed by atoms with van der Waals surface area (Å²) in [6, 6.07) is 12.9. The van der Waals surface area contributed by atoms with Crippen LogP contribution >= 0.6 is 0 Å². The van der Waals surface area contributed by atoms with Crippen molar-refractivity contribution in [2.24, 2.45) is 7.05 Å². The van der Waals surface area contributed by atoms with Gasteiger partial charge in [0.1, 0.15) is 0 Å². The van der Waals surface area contributed by atoms with E-state index < -0.39 is 12.0 Å². The van der Waals surface area contributed by atoms with Crippen molar-refractivity contribution in [3.05, 3.63) is 54.4 Å². The minimum atomic E-state index is -0.615. The van der Waals surface area contributed by atoms with E-state index in [1.54, 1.807) is 7.05 Å². The van der Waals surface area contributed by atoms with Crippen molar-refractivity contribution in [1.82, 2.24) is 9.78 Å². The van der Waals surface area contributed by atoms with Gasteiger partial charge in [0.2, 0.25) is 0 Å². The summed E-state index contributed by atoms with van der Waals surface area (Å²) in [5, 5.41) is 11.4. The maximum absolute atomic E-state index is 12.3. The zero-order valence-electron chi connectivity index (χ0n) is 13.2. The molecule has 0 saturated carbocycles. The van der Waals surface area contributed by atoms with E-state index >= 15 is 0 Å². The van der Waals surface area contributed by atoms with Crippen LogP contribution in [0.2, 0.25) is 0 Å². The first-order valence-electron chi connectivity index (χ1n) is 7.26. The number of nitrogens with zero attached hydrogens (tertiary/aromatic N) is 2. The number of aryl methyl sites for hydroxylation is 1. The van der Waals surface area contributed by atoms with Crippen LogP contribution in [0.25, 0.3) is 10.8 Å². The van der Waals surface area contributed by atoms with Gasteiger partial charge in [-0.05, 0) is 11.5 Å². The van der Waals surface area contributed by atoms with Crippen LogP contribution in [0.4, 0.5) is 16.2 Å². The van der Waals surface area contributed by atoms with E-state index in [9.17, 15) is 9.59 Å². The number of fused-ring (bicyclic) bond motifs is 1. The molecule has 0 radical (unpaired) electrons. The lowest BCUT2D eigenvalue weighted by molar-refractivity contribution is 0.0594. The molecule has 3 rings (SSSR count). The first-order valence-corrected chi connectivity index (χ1v) is 7.26. The Morgan fingerprint density at radius 2 is 1.75 bits per heavy atom. The Hall–Kier alpha value is -3.35. The molecule has 1 heterocycles. The van der Waals surface area contributed by atoms with Crippen LogP contribution < -0.4 is 10.6 Å². The predicted octanol–water partition coefficient (Wildman–Crippen LogP) is 3.00. The average Bonchev–Trinajstić information content (AvgIpc) is 2.94. The van der Waals surface area contributed by atoms with Crippen molar-refractivity contribution in [2.75, 3.05) is 17.7 Å². The molecule has 0 fully saturated rings. The summed E-state index contributed by atoms with van der Waals surface area (Å²) in [5.74, 6) is -0.615. The Labute approximate surface area is 138 Å². The van der Waals surface area contributed by atoms with Gasteiger partial charge in [-0.2, -0.15) is 5.10 Å². The number of methoxy groups -OCH3 is 1. The fourth-order valence-electron chi connectivity index (χ4n) is 2.44. The molecule has 122 valence electrons. The molecule has 0 bridgehead atoms. The van der Waals surface area contributed by atoms with E-state index in [0.29, 0.717) is 5.69 Å². The number of esters is 1. The standard InChI is InChI=1S/C17H16N4O3/c1-21-10-14(15(20-21)16(22)24-2)19-17(23)18-13-9-5-7-11-6-3-4-8-12(11)13/h3-10H,1-2H3,(H2,18,19,23). The SMILES string of the molecule is COC(=O)c1nn(C)cc1NC(=O)Nc1cccc2ccccc12. The summed E-state index contributed by atoms with van der Waals surface area (Å²) in [5.41, 5.74) is 1.00. The summed E-state index contributed by atoms with van der Waals surface area (Å²) in [7, 11) is 2.91. The van der Waals surface area contributed by atoms with Crippen molar-refractivity contribution in [3.8, 4) is 0 Å². The number of aromatic nitrogens is 2.